The second-order valence-electron chi connectivity index (χ2n) is 7.71. The first-order valence-corrected chi connectivity index (χ1v) is 10.3. The maximum atomic E-state index is 13.3. The van der Waals surface area contributed by atoms with Crippen molar-refractivity contribution in [3.05, 3.63) is 95.7 Å². The number of rotatable bonds is 3. The largest absolute Gasteiger partial charge is 0.351 e. The number of carbonyl (C=O) groups excluding carboxylic acids is 1. The normalized spacial score (nSPS) is 11.5. The van der Waals surface area contributed by atoms with Crippen LogP contribution in [0.15, 0.2) is 90.1 Å². The minimum absolute atomic E-state index is 0.172. The van der Waals surface area contributed by atoms with Crippen LogP contribution in [0.5, 0.6) is 0 Å². The highest BCUT2D eigenvalue weighted by Crippen LogP contribution is 2.27. The van der Waals surface area contributed by atoms with Gasteiger partial charge in [-0.05, 0) is 30.3 Å². The molecular weight excluding hydrogens is 402 g/mol. The molecule has 0 bridgehead atoms. The number of pyridine rings is 2. The van der Waals surface area contributed by atoms with Gasteiger partial charge in [0.15, 0.2) is 18.0 Å². The van der Waals surface area contributed by atoms with Crippen LogP contribution in [0.25, 0.3) is 38.4 Å². The Labute approximate surface area is 181 Å². The summed E-state index contributed by atoms with van der Waals surface area (Å²) in [4.78, 5) is 33.8. The average molecular weight is 420 g/mol. The van der Waals surface area contributed by atoms with Crippen molar-refractivity contribution in [1.82, 2.24) is 14.4 Å². The molecule has 0 fully saturated rings. The molecule has 7 heteroatoms. The number of anilines is 1. The predicted molar refractivity (Wildman–Crippen MR) is 124 cm³/mol. The lowest BCUT2D eigenvalue weighted by atomic mass is 10.2. The molecule has 154 valence electrons. The second kappa shape index (κ2) is 7.02. The minimum atomic E-state index is -0.181. The van der Waals surface area contributed by atoms with Crippen LogP contribution >= 0.6 is 0 Å². The summed E-state index contributed by atoms with van der Waals surface area (Å²) in [5.41, 5.74) is 3.36. The first-order chi connectivity index (χ1) is 15.7. The number of aromatic nitrogens is 4. The molecule has 32 heavy (non-hydrogen) atoms. The Kier molecular flexibility index (Phi) is 4.01. The van der Waals surface area contributed by atoms with Gasteiger partial charge < -0.3 is 10.3 Å². The summed E-state index contributed by atoms with van der Waals surface area (Å²) in [6.07, 6.45) is 5.41. The average Bonchev–Trinajstić information content (AvgIpc) is 3.19. The number of aromatic amines is 1. The van der Waals surface area contributed by atoms with E-state index in [1.54, 1.807) is 33.4 Å². The van der Waals surface area contributed by atoms with Gasteiger partial charge in [0.1, 0.15) is 0 Å². The molecule has 0 aliphatic heterocycles. The van der Waals surface area contributed by atoms with Gasteiger partial charge in [-0.1, -0.05) is 24.3 Å². The number of amides is 1. The topological polar surface area (TPSA) is 83.1 Å². The Balaban J connectivity index is 1.44. The van der Waals surface area contributed by atoms with Gasteiger partial charge in [-0.15, -0.1) is 0 Å². The Morgan fingerprint density at radius 2 is 1.81 bits per heavy atom. The van der Waals surface area contributed by atoms with E-state index in [0.717, 1.165) is 21.8 Å². The Morgan fingerprint density at radius 3 is 2.69 bits per heavy atom. The minimum Gasteiger partial charge on any atom is -0.351 e. The molecule has 0 unspecified atom stereocenters. The molecule has 2 N–H and O–H groups in total. The van der Waals surface area contributed by atoms with Gasteiger partial charge in [0.05, 0.1) is 16.4 Å². The van der Waals surface area contributed by atoms with Gasteiger partial charge in [0.2, 0.25) is 6.54 Å². The smallest absolute Gasteiger partial charge is 0.290 e. The molecule has 4 aromatic heterocycles. The number of hydrogen-bond acceptors (Lipinski definition) is 3. The van der Waals surface area contributed by atoms with E-state index in [0.29, 0.717) is 22.2 Å². The molecule has 1 amide bonds. The lowest BCUT2D eigenvalue weighted by Crippen LogP contribution is -2.39. The molecule has 6 rings (SSSR count). The summed E-state index contributed by atoms with van der Waals surface area (Å²) in [6, 6.07) is 20.8. The van der Waals surface area contributed by atoms with Gasteiger partial charge >= 0.3 is 0 Å². The van der Waals surface area contributed by atoms with E-state index in [-0.39, 0.29) is 18.0 Å². The molecule has 0 saturated heterocycles. The van der Waals surface area contributed by atoms with Gasteiger partial charge in [-0.25, -0.2) is 4.98 Å². The fraction of sp³-hybridized carbons (Fsp3) is 0.0400. The van der Waals surface area contributed by atoms with E-state index in [9.17, 15) is 9.59 Å². The van der Waals surface area contributed by atoms with Crippen LogP contribution in [0.2, 0.25) is 0 Å². The summed E-state index contributed by atoms with van der Waals surface area (Å²) in [5.74, 6) is -0.172. The number of nitrogens with zero attached hydrogens (tertiary/aromatic N) is 3. The van der Waals surface area contributed by atoms with Crippen LogP contribution in [-0.2, 0) is 11.3 Å². The van der Waals surface area contributed by atoms with E-state index in [2.05, 4.69) is 10.3 Å². The highest BCUT2D eigenvalue weighted by Gasteiger charge is 2.14. The summed E-state index contributed by atoms with van der Waals surface area (Å²) >= 11 is 0. The zero-order chi connectivity index (χ0) is 21.7. The number of para-hydroxylation sites is 1. The predicted octanol–water partition coefficient (Wildman–Crippen LogP) is 3.41. The summed E-state index contributed by atoms with van der Waals surface area (Å²) < 4.78 is 3.33. The zero-order valence-electron chi connectivity index (χ0n) is 16.9. The van der Waals surface area contributed by atoms with Crippen molar-refractivity contribution < 1.29 is 9.36 Å². The summed E-state index contributed by atoms with van der Waals surface area (Å²) in [6.45, 7) is 0.187. The Morgan fingerprint density at radius 1 is 0.969 bits per heavy atom. The van der Waals surface area contributed by atoms with Gasteiger partial charge in [0.25, 0.3) is 11.5 Å². The quantitative estimate of drug-likeness (QED) is 0.340. The third-order valence-corrected chi connectivity index (χ3v) is 5.65. The van der Waals surface area contributed by atoms with Crippen molar-refractivity contribution in [1.29, 1.82) is 0 Å². The lowest BCUT2D eigenvalue weighted by molar-refractivity contribution is -0.684. The molecule has 0 spiro atoms. The highest BCUT2D eigenvalue weighted by molar-refractivity contribution is 6.11. The number of hydrogen-bond donors (Lipinski definition) is 2. The van der Waals surface area contributed by atoms with Crippen molar-refractivity contribution in [3.8, 4) is 0 Å². The summed E-state index contributed by atoms with van der Waals surface area (Å²) in [7, 11) is 0. The number of fused-ring (bicyclic) bond motifs is 6. The van der Waals surface area contributed by atoms with Crippen LogP contribution in [0.1, 0.15) is 0 Å². The zero-order valence-corrected chi connectivity index (χ0v) is 16.9. The third kappa shape index (κ3) is 2.91. The monoisotopic (exact) mass is 420 g/mol. The summed E-state index contributed by atoms with van der Waals surface area (Å²) in [5, 5.41) is 5.42. The van der Waals surface area contributed by atoms with Crippen LogP contribution in [0, 0.1) is 0 Å². The van der Waals surface area contributed by atoms with Gasteiger partial charge in [-0.2, -0.15) is 4.57 Å². The van der Waals surface area contributed by atoms with Crippen LogP contribution in [0.4, 0.5) is 5.69 Å². The Bertz CT molecular complexity index is 1720. The van der Waals surface area contributed by atoms with E-state index < -0.39 is 0 Å². The van der Waals surface area contributed by atoms with Crippen molar-refractivity contribution in [2.45, 2.75) is 6.54 Å². The maximum Gasteiger partial charge on any atom is 0.290 e. The molecular formula is C25H18N5O2+. The standard InChI is InChI=1S/C25H17N5O2/c31-22(15-29-11-4-1-5-12-29)26-16-8-9-21-19(14-16)25(32)30-13-10-18-17-6-2-3-7-20(17)27-23(18)24(30)28-21/h1-14H,15H2,(H-,26,27,28,31,32)/p+1. The van der Waals surface area contributed by atoms with Crippen molar-refractivity contribution >= 4 is 50.0 Å². The maximum absolute atomic E-state index is 13.3. The number of H-pyrrole nitrogens is 1. The van der Waals surface area contributed by atoms with Crippen molar-refractivity contribution in [3.63, 3.8) is 0 Å². The molecule has 0 atom stereocenters. The molecule has 0 radical (unpaired) electrons. The first-order valence-electron chi connectivity index (χ1n) is 10.3. The molecule has 2 aromatic carbocycles. The third-order valence-electron chi connectivity index (χ3n) is 5.65. The lowest BCUT2D eigenvalue weighted by Gasteiger charge is -2.07. The fourth-order valence-electron chi connectivity index (χ4n) is 4.16. The second-order valence-corrected chi connectivity index (χ2v) is 7.71. The molecule has 6 aromatic rings. The Hall–Kier alpha value is -4.52. The molecule has 0 saturated carbocycles. The van der Waals surface area contributed by atoms with E-state index in [1.807, 2.05) is 60.9 Å². The molecule has 7 nitrogen and oxygen atoms in total. The van der Waals surface area contributed by atoms with E-state index in [4.69, 9.17) is 4.98 Å². The fourth-order valence-corrected chi connectivity index (χ4v) is 4.16. The first kappa shape index (κ1) is 18.3. The van der Waals surface area contributed by atoms with Crippen LogP contribution < -0.4 is 15.4 Å². The van der Waals surface area contributed by atoms with E-state index >= 15 is 0 Å². The van der Waals surface area contributed by atoms with Crippen LogP contribution in [0.3, 0.4) is 0 Å². The number of nitrogens with one attached hydrogen (secondary N) is 2. The molecule has 4 heterocycles. The molecule has 0 aliphatic rings. The molecule has 0 aliphatic carbocycles. The highest BCUT2D eigenvalue weighted by atomic mass is 16.2. The number of carbonyl (C=O) groups is 1. The number of benzene rings is 2. The van der Waals surface area contributed by atoms with Crippen molar-refractivity contribution in [2.24, 2.45) is 0 Å². The van der Waals surface area contributed by atoms with Crippen molar-refractivity contribution in [2.75, 3.05) is 5.32 Å². The van der Waals surface area contributed by atoms with Crippen LogP contribution in [-0.4, -0.2) is 20.3 Å². The van der Waals surface area contributed by atoms with Gasteiger partial charge in [0, 0.05) is 40.3 Å². The van der Waals surface area contributed by atoms with E-state index in [1.165, 1.54) is 0 Å². The SMILES string of the molecule is O=C(C[n+]1ccccc1)Nc1ccc2nc3c4[nH]c5ccccc5c4ccn3c(=O)c2c1. The van der Waals surface area contributed by atoms with Gasteiger partial charge in [-0.3, -0.25) is 14.0 Å².